The van der Waals surface area contributed by atoms with Gasteiger partial charge in [0.1, 0.15) is 0 Å². The van der Waals surface area contributed by atoms with E-state index in [1.165, 1.54) is 38.5 Å². The lowest BCUT2D eigenvalue weighted by Gasteiger charge is -2.51. The van der Waals surface area contributed by atoms with Crippen molar-refractivity contribution in [3.8, 4) is 0 Å². The summed E-state index contributed by atoms with van der Waals surface area (Å²) in [6, 6.07) is 0. The zero-order valence-electron chi connectivity index (χ0n) is 10.5. The van der Waals surface area contributed by atoms with Crippen molar-refractivity contribution in [2.75, 3.05) is 19.8 Å². The van der Waals surface area contributed by atoms with E-state index in [9.17, 15) is 0 Å². The maximum atomic E-state index is 6.43. The number of halogens is 1. The molecule has 1 aliphatic heterocycles. The molecule has 0 amide bonds. The Kier molecular flexibility index (Phi) is 3.65. The number of hydrogen-bond acceptors (Lipinski definition) is 2. The molecule has 0 bridgehead atoms. The van der Waals surface area contributed by atoms with Crippen LogP contribution in [0.4, 0.5) is 0 Å². The summed E-state index contributed by atoms with van der Waals surface area (Å²) >= 11 is 6.43. The van der Waals surface area contributed by atoms with Gasteiger partial charge >= 0.3 is 0 Å². The zero-order valence-corrected chi connectivity index (χ0v) is 11.3. The van der Waals surface area contributed by atoms with Gasteiger partial charge in [0.25, 0.3) is 0 Å². The highest BCUT2D eigenvalue weighted by molar-refractivity contribution is 6.21. The van der Waals surface area contributed by atoms with Crippen molar-refractivity contribution in [1.29, 1.82) is 0 Å². The van der Waals surface area contributed by atoms with E-state index in [1.807, 2.05) is 0 Å². The third kappa shape index (κ3) is 2.24. The predicted molar refractivity (Wildman–Crippen MR) is 68.4 cm³/mol. The standard InChI is InChI=1S/C14H23ClO2/c15-12-9-13(14(12)5-1-2-6-14)17-10-11-3-7-16-8-4-11/h11-13H,1-10H2. The monoisotopic (exact) mass is 258 g/mol. The third-order valence-corrected chi connectivity index (χ3v) is 5.71. The second kappa shape index (κ2) is 5.07. The normalized spacial score (nSPS) is 37.2. The van der Waals surface area contributed by atoms with Crippen LogP contribution in [0.25, 0.3) is 0 Å². The van der Waals surface area contributed by atoms with Gasteiger partial charge in [0.05, 0.1) is 6.10 Å². The largest absolute Gasteiger partial charge is 0.381 e. The van der Waals surface area contributed by atoms with Gasteiger partial charge in [0.15, 0.2) is 0 Å². The first-order valence-electron chi connectivity index (χ1n) is 7.15. The summed E-state index contributed by atoms with van der Waals surface area (Å²) in [5.74, 6) is 0.719. The Morgan fingerprint density at radius 1 is 1.18 bits per heavy atom. The van der Waals surface area contributed by atoms with Crippen LogP contribution in [0.1, 0.15) is 44.9 Å². The number of hydrogen-bond donors (Lipinski definition) is 0. The fourth-order valence-corrected chi connectivity index (χ4v) is 4.29. The van der Waals surface area contributed by atoms with E-state index < -0.39 is 0 Å². The first-order valence-corrected chi connectivity index (χ1v) is 7.58. The van der Waals surface area contributed by atoms with E-state index in [4.69, 9.17) is 21.1 Å². The fraction of sp³-hybridized carbons (Fsp3) is 1.00. The smallest absolute Gasteiger partial charge is 0.0659 e. The van der Waals surface area contributed by atoms with Gasteiger partial charge in [0, 0.05) is 30.6 Å². The first-order chi connectivity index (χ1) is 8.31. The average Bonchev–Trinajstić information content (AvgIpc) is 2.88. The van der Waals surface area contributed by atoms with Gasteiger partial charge in [-0.15, -0.1) is 11.6 Å². The third-order valence-electron chi connectivity index (χ3n) is 5.09. The highest BCUT2D eigenvalue weighted by Crippen LogP contribution is 2.57. The molecule has 0 aromatic heterocycles. The molecule has 2 saturated carbocycles. The van der Waals surface area contributed by atoms with E-state index in [2.05, 4.69) is 0 Å². The summed E-state index contributed by atoms with van der Waals surface area (Å²) in [7, 11) is 0. The van der Waals surface area contributed by atoms with Gasteiger partial charge in [0.2, 0.25) is 0 Å². The van der Waals surface area contributed by atoms with Crippen molar-refractivity contribution in [3.05, 3.63) is 0 Å². The van der Waals surface area contributed by atoms with Crippen LogP contribution in [0.5, 0.6) is 0 Å². The molecule has 1 saturated heterocycles. The van der Waals surface area contributed by atoms with Crippen LogP contribution in [-0.4, -0.2) is 31.3 Å². The summed E-state index contributed by atoms with van der Waals surface area (Å²) in [5.41, 5.74) is 0.354. The summed E-state index contributed by atoms with van der Waals surface area (Å²) in [4.78, 5) is 0. The molecular weight excluding hydrogens is 236 g/mol. The molecule has 3 heteroatoms. The van der Waals surface area contributed by atoms with Crippen molar-refractivity contribution >= 4 is 11.6 Å². The number of rotatable bonds is 3. The van der Waals surface area contributed by atoms with Gasteiger partial charge in [-0.2, -0.15) is 0 Å². The summed E-state index contributed by atoms with van der Waals surface area (Å²) < 4.78 is 11.6. The molecular formula is C14H23ClO2. The Morgan fingerprint density at radius 3 is 2.53 bits per heavy atom. The van der Waals surface area contributed by atoms with Crippen LogP contribution in [0, 0.1) is 11.3 Å². The molecule has 0 radical (unpaired) electrons. The molecule has 0 aromatic rings. The molecule has 2 unspecified atom stereocenters. The minimum Gasteiger partial charge on any atom is -0.381 e. The van der Waals surface area contributed by atoms with Crippen LogP contribution in [-0.2, 0) is 9.47 Å². The molecule has 17 heavy (non-hydrogen) atoms. The Labute approximate surface area is 109 Å². The van der Waals surface area contributed by atoms with Crippen LogP contribution in [0.2, 0.25) is 0 Å². The molecule has 98 valence electrons. The minimum atomic E-state index is 0.354. The highest BCUT2D eigenvalue weighted by Gasteiger charge is 2.56. The van der Waals surface area contributed by atoms with Crippen LogP contribution in [0.15, 0.2) is 0 Å². The predicted octanol–water partition coefficient (Wildman–Crippen LogP) is 3.37. The number of ether oxygens (including phenoxy) is 2. The van der Waals surface area contributed by atoms with Crippen molar-refractivity contribution in [2.45, 2.75) is 56.4 Å². The molecule has 0 N–H and O–H groups in total. The Balaban J connectivity index is 1.49. The average molecular weight is 259 g/mol. The van der Waals surface area contributed by atoms with Gasteiger partial charge < -0.3 is 9.47 Å². The van der Waals surface area contributed by atoms with Gasteiger partial charge in [-0.1, -0.05) is 12.8 Å². The summed E-state index contributed by atoms with van der Waals surface area (Å²) in [5, 5.41) is 0.379. The van der Waals surface area contributed by atoms with Gasteiger partial charge in [-0.05, 0) is 38.0 Å². The lowest BCUT2D eigenvalue weighted by Crippen LogP contribution is -2.54. The highest BCUT2D eigenvalue weighted by atomic mass is 35.5. The lowest BCUT2D eigenvalue weighted by molar-refractivity contribution is -0.120. The Hall–Kier alpha value is 0.210. The Bertz CT molecular complexity index is 257. The van der Waals surface area contributed by atoms with Crippen LogP contribution in [0.3, 0.4) is 0 Å². The van der Waals surface area contributed by atoms with E-state index >= 15 is 0 Å². The van der Waals surface area contributed by atoms with Crippen LogP contribution >= 0.6 is 11.6 Å². The summed E-state index contributed by atoms with van der Waals surface area (Å²) in [6.07, 6.45) is 9.15. The fourth-order valence-electron chi connectivity index (χ4n) is 3.77. The summed E-state index contributed by atoms with van der Waals surface area (Å²) in [6.45, 7) is 2.77. The van der Waals surface area contributed by atoms with E-state index in [0.29, 0.717) is 16.9 Å². The molecule has 1 heterocycles. The maximum Gasteiger partial charge on any atom is 0.0659 e. The van der Waals surface area contributed by atoms with Crippen molar-refractivity contribution < 1.29 is 9.47 Å². The van der Waals surface area contributed by atoms with E-state index in [-0.39, 0.29) is 0 Å². The minimum absolute atomic E-state index is 0.354. The van der Waals surface area contributed by atoms with E-state index in [0.717, 1.165) is 32.2 Å². The van der Waals surface area contributed by atoms with Crippen LogP contribution < -0.4 is 0 Å². The molecule has 2 aliphatic carbocycles. The molecule has 1 spiro atoms. The van der Waals surface area contributed by atoms with E-state index in [1.54, 1.807) is 0 Å². The van der Waals surface area contributed by atoms with Crippen molar-refractivity contribution in [1.82, 2.24) is 0 Å². The quantitative estimate of drug-likeness (QED) is 0.723. The maximum absolute atomic E-state index is 6.43. The van der Waals surface area contributed by atoms with Crippen molar-refractivity contribution in [2.24, 2.45) is 11.3 Å². The molecule has 3 rings (SSSR count). The number of alkyl halides is 1. The molecule has 2 atom stereocenters. The van der Waals surface area contributed by atoms with Gasteiger partial charge in [-0.25, -0.2) is 0 Å². The lowest BCUT2D eigenvalue weighted by atomic mass is 9.64. The SMILES string of the molecule is ClC1CC(OCC2CCOCC2)C12CCCC2. The van der Waals surface area contributed by atoms with Gasteiger partial charge in [-0.3, -0.25) is 0 Å². The second-order valence-corrected chi connectivity index (χ2v) is 6.55. The second-order valence-electron chi connectivity index (χ2n) is 6.02. The zero-order chi connectivity index (χ0) is 11.7. The topological polar surface area (TPSA) is 18.5 Å². The Morgan fingerprint density at radius 2 is 1.88 bits per heavy atom. The first kappa shape index (κ1) is 12.3. The molecule has 3 fully saturated rings. The van der Waals surface area contributed by atoms with Crippen molar-refractivity contribution in [3.63, 3.8) is 0 Å². The molecule has 0 aromatic carbocycles. The molecule has 3 aliphatic rings. The molecule has 2 nitrogen and oxygen atoms in total.